The molecular weight excluding hydrogens is 408 g/mol. The Morgan fingerprint density at radius 3 is 2.45 bits per heavy atom. The number of ether oxygens (including phenoxy) is 1. The normalized spacial score (nSPS) is 23.6. The van der Waals surface area contributed by atoms with Crippen LogP contribution in [0.4, 0.5) is 11.4 Å². The lowest BCUT2D eigenvalue weighted by atomic mass is 9.87. The van der Waals surface area contributed by atoms with Gasteiger partial charge in [-0.3, -0.25) is 4.90 Å². The molecule has 6 rings (SSSR count). The van der Waals surface area contributed by atoms with E-state index in [9.17, 15) is 0 Å². The van der Waals surface area contributed by atoms with Crippen LogP contribution in [0.25, 0.3) is 0 Å². The molecule has 0 bridgehead atoms. The molecular formula is C28H38N4O. The standard InChI is InChI=1S/C28H38N4O/c1-31-6-5-26-21(8-19-16-33-17-19)11-25(12-23(26)14-31)30-28-13-27-20(7-18-3-4-18)9-24(29)10-22(27)15-32(28)2/h9-12,18-19,28,30H,3-8,13-17,29H2,1-2H3. The maximum Gasteiger partial charge on any atom is 0.0834 e. The fraction of sp³-hybridized carbons (Fsp3) is 0.571. The number of hydrogen-bond donors (Lipinski definition) is 2. The van der Waals surface area contributed by atoms with Gasteiger partial charge in [0, 0.05) is 43.3 Å². The Balaban J connectivity index is 1.27. The molecule has 3 aliphatic heterocycles. The highest BCUT2D eigenvalue weighted by atomic mass is 16.5. The van der Waals surface area contributed by atoms with Gasteiger partial charge < -0.3 is 20.7 Å². The van der Waals surface area contributed by atoms with Gasteiger partial charge in [0.25, 0.3) is 0 Å². The van der Waals surface area contributed by atoms with Crippen LogP contribution in [0, 0.1) is 11.8 Å². The summed E-state index contributed by atoms with van der Waals surface area (Å²) in [5.41, 5.74) is 17.6. The molecule has 0 aromatic heterocycles. The van der Waals surface area contributed by atoms with Crippen molar-refractivity contribution in [2.24, 2.45) is 11.8 Å². The minimum Gasteiger partial charge on any atom is -0.399 e. The first kappa shape index (κ1) is 21.5. The molecule has 1 saturated carbocycles. The van der Waals surface area contributed by atoms with Gasteiger partial charge in [-0.05, 0) is 110 Å². The summed E-state index contributed by atoms with van der Waals surface area (Å²) < 4.78 is 5.48. The van der Waals surface area contributed by atoms with Gasteiger partial charge in [-0.1, -0.05) is 0 Å². The molecule has 5 nitrogen and oxygen atoms in total. The van der Waals surface area contributed by atoms with Crippen molar-refractivity contribution in [3.63, 3.8) is 0 Å². The van der Waals surface area contributed by atoms with Crippen LogP contribution >= 0.6 is 0 Å². The van der Waals surface area contributed by atoms with E-state index in [-0.39, 0.29) is 0 Å². The number of anilines is 2. The molecule has 2 fully saturated rings. The SMILES string of the molecule is CN1CCc2c(CC3COC3)cc(NC3Cc4c(CC5CC5)cc(N)cc4CN3C)cc2C1. The molecule has 2 aromatic rings. The quantitative estimate of drug-likeness (QED) is 0.661. The van der Waals surface area contributed by atoms with Gasteiger partial charge in [-0.2, -0.15) is 0 Å². The van der Waals surface area contributed by atoms with Crippen LogP contribution in [-0.4, -0.2) is 49.8 Å². The van der Waals surface area contributed by atoms with Crippen LogP contribution in [0.15, 0.2) is 24.3 Å². The lowest BCUT2D eigenvalue weighted by Gasteiger charge is -2.37. The lowest BCUT2D eigenvalue weighted by molar-refractivity contribution is -0.0313. The summed E-state index contributed by atoms with van der Waals surface area (Å²) in [4.78, 5) is 4.90. The Bertz CT molecular complexity index is 1040. The van der Waals surface area contributed by atoms with Gasteiger partial charge >= 0.3 is 0 Å². The Kier molecular flexibility index (Phi) is 5.60. The van der Waals surface area contributed by atoms with Gasteiger partial charge in [0.1, 0.15) is 0 Å². The summed E-state index contributed by atoms with van der Waals surface area (Å²) in [6.45, 7) is 4.99. The van der Waals surface area contributed by atoms with Gasteiger partial charge in [0.2, 0.25) is 0 Å². The number of nitrogen functional groups attached to an aromatic ring is 1. The number of nitrogens with zero attached hydrogens (tertiary/aromatic N) is 2. The molecule has 5 heteroatoms. The third-order valence-electron chi connectivity index (χ3n) is 8.18. The van der Waals surface area contributed by atoms with Crippen LogP contribution in [-0.2, 0) is 43.5 Å². The van der Waals surface area contributed by atoms with E-state index in [1.165, 1.54) is 52.8 Å². The van der Waals surface area contributed by atoms with Gasteiger partial charge in [0.15, 0.2) is 0 Å². The van der Waals surface area contributed by atoms with Crippen LogP contribution in [0.2, 0.25) is 0 Å². The monoisotopic (exact) mass is 446 g/mol. The minimum absolute atomic E-state index is 0.304. The Hall–Kier alpha value is -2.08. The third-order valence-corrected chi connectivity index (χ3v) is 8.18. The number of hydrogen-bond acceptors (Lipinski definition) is 5. The summed E-state index contributed by atoms with van der Waals surface area (Å²) >= 11 is 0. The van der Waals surface area contributed by atoms with E-state index in [4.69, 9.17) is 10.5 Å². The Labute approximate surface area is 198 Å². The number of nitrogens with two attached hydrogens (primary N) is 1. The zero-order valence-electron chi connectivity index (χ0n) is 20.2. The maximum absolute atomic E-state index is 6.28. The molecule has 0 radical (unpaired) electrons. The summed E-state index contributed by atoms with van der Waals surface area (Å²) in [6, 6.07) is 9.31. The lowest BCUT2D eigenvalue weighted by Crippen LogP contribution is -2.43. The molecule has 2 aromatic carbocycles. The number of benzene rings is 2. The number of nitrogens with one attached hydrogen (secondary N) is 1. The summed E-state index contributed by atoms with van der Waals surface area (Å²) in [7, 11) is 4.48. The van der Waals surface area contributed by atoms with Crippen LogP contribution in [0.1, 0.15) is 46.2 Å². The van der Waals surface area contributed by atoms with E-state index in [2.05, 4.69) is 53.5 Å². The molecule has 33 heavy (non-hydrogen) atoms. The van der Waals surface area contributed by atoms with Crippen molar-refractivity contribution in [2.45, 2.75) is 57.8 Å². The van der Waals surface area contributed by atoms with Crippen molar-refractivity contribution in [3.8, 4) is 0 Å². The summed E-state index contributed by atoms with van der Waals surface area (Å²) in [5.74, 6) is 1.56. The molecule has 1 atom stereocenters. The van der Waals surface area contributed by atoms with E-state index >= 15 is 0 Å². The molecule has 1 unspecified atom stereocenters. The van der Waals surface area contributed by atoms with Gasteiger partial charge in [0.05, 0.1) is 19.4 Å². The largest absolute Gasteiger partial charge is 0.399 e. The predicted molar refractivity (Wildman–Crippen MR) is 134 cm³/mol. The van der Waals surface area contributed by atoms with Gasteiger partial charge in [-0.25, -0.2) is 0 Å². The van der Waals surface area contributed by atoms with Crippen LogP contribution < -0.4 is 11.1 Å². The fourth-order valence-corrected chi connectivity index (χ4v) is 6.04. The topological polar surface area (TPSA) is 53.8 Å². The maximum atomic E-state index is 6.28. The highest BCUT2D eigenvalue weighted by Crippen LogP contribution is 2.37. The minimum atomic E-state index is 0.304. The van der Waals surface area contributed by atoms with Crippen molar-refractivity contribution in [3.05, 3.63) is 57.6 Å². The first-order valence-electron chi connectivity index (χ1n) is 12.8. The first-order valence-corrected chi connectivity index (χ1v) is 12.8. The molecule has 1 saturated heterocycles. The molecule has 3 heterocycles. The van der Waals surface area contributed by atoms with Crippen molar-refractivity contribution >= 4 is 11.4 Å². The second kappa shape index (κ2) is 8.61. The zero-order valence-corrected chi connectivity index (χ0v) is 20.2. The second-order valence-electron chi connectivity index (χ2n) is 11.1. The molecule has 3 N–H and O–H groups in total. The predicted octanol–water partition coefficient (Wildman–Crippen LogP) is 3.82. The number of rotatable bonds is 6. The number of likely N-dealkylation sites (N-methyl/N-ethyl adjacent to an activating group) is 2. The van der Waals surface area contributed by atoms with Crippen molar-refractivity contribution in [1.29, 1.82) is 0 Å². The fourth-order valence-electron chi connectivity index (χ4n) is 6.04. The van der Waals surface area contributed by atoms with Crippen molar-refractivity contribution in [2.75, 3.05) is 44.9 Å². The second-order valence-corrected chi connectivity index (χ2v) is 11.1. The third kappa shape index (κ3) is 4.51. The van der Waals surface area contributed by atoms with E-state index in [0.717, 1.165) is 63.7 Å². The Morgan fingerprint density at radius 2 is 1.70 bits per heavy atom. The zero-order chi connectivity index (χ0) is 22.5. The van der Waals surface area contributed by atoms with E-state index in [1.54, 1.807) is 5.56 Å². The molecule has 0 amide bonds. The summed E-state index contributed by atoms with van der Waals surface area (Å²) in [6.07, 6.45) is 7.61. The highest BCUT2D eigenvalue weighted by molar-refractivity contribution is 5.56. The smallest absolute Gasteiger partial charge is 0.0834 e. The first-order chi connectivity index (χ1) is 16.0. The van der Waals surface area contributed by atoms with Crippen LogP contribution in [0.3, 0.4) is 0 Å². The van der Waals surface area contributed by atoms with E-state index < -0.39 is 0 Å². The van der Waals surface area contributed by atoms with E-state index in [1.807, 2.05) is 0 Å². The van der Waals surface area contributed by atoms with Crippen molar-refractivity contribution < 1.29 is 4.74 Å². The van der Waals surface area contributed by atoms with Gasteiger partial charge in [-0.15, -0.1) is 0 Å². The highest BCUT2D eigenvalue weighted by Gasteiger charge is 2.30. The Morgan fingerprint density at radius 1 is 0.939 bits per heavy atom. The van der Waals surface area contributed by atoms with E-state index in [0.29, 0.717) is 12.1 Å². The average molecular weight is 447 g/mol. The molecule has 176 valence electrons. The molecule has 4 aliphatic rings. The van der Waals surface area contributed by atoms with Crippen molar-refractivity contribution in [1.82, 2.24) is 9.80 Å². The molecule has 1 aliphatic carbocycles. The number of fused-ring (bicyclic) bond motifs is 2. The molecule has 0 spiro atoms. The van der Waals surface area contributed by atoms with Crippen LogP contribution in [0.5, 0.6) is 0 Å². The summed E-state index contributed by atoms with van der Waals surface area (Å²) in [5, 5.41) is 3.94. The average Bonchev–Trinajstić information content (AvgIpc) is 3.55.